The molecule has 0 radical (unpaired) electrons. The second kappa shape index (κ2) is 10.1. The van der Waals surface area contributed by atoms with Gasteiger partial charge in [0.15, 0.2) is 18.1 Å². The van der Waals surface area contributed by atoms with E-state index in [4.69, 9.17) is 24.7 Å². The van der Waals surface area contributed by atoms with Crippen LogP contribution in [0.15, 0.2) is 48.7 Å². The Balaban J connectivity index is 1.67. The smallest absolute Gasteiger partial charge is 0.264 e. The van der Waals surface area contributed by atoms with Crippen LogP contribution in [0.5, 0.6) is 23.0 Å². The normalized spacial score (nSPS) is 10.3. The summed E-state index contributed by atoms with van der Waals surface area (Å²) < 4.78 is 21.5. The zero-order chi connectivity index (χ0) is 22.2. The summed E-state index contributed by atoms with van der Waals surface area (Å²) in [7, 11) is 4.65. The third-order valence-corrected chi connectivity index (χ3v) is 4.38. The minimum absolute atomic E-state index is 0.104. The number of hydrogen-bond donors (Lipinski definition) is 2. The molecule has 0 saturated carbocycles. The van der Waals surface area contributed by atoms with Crippen LogP contribution < -0.4 is 30.0 Å². The Hall–Kier alpha value is -4.01. The zero-order valence-corrected chi connectivity index (χ0v) is 17.5. The van der Waals surface area contributed by atoms with E-state index in [1.165, 1.54) is 0 Å². The summed E-state index contributed by atoms with van der Waals surface area (Å²) >= 11 is 0. The summed E-state index contributed by atoms with van der Waals surface area (Å²) in [6, 6.07) is 12.7. The Bertz CT molecular complexity index is 1020. The SMILES string of the molecule is COc1cc(Cc2cnc(NC(=O)COc3ccccc3)nc2N)cc(OC)c1OC. The Morgan fingerprint density at radius 2 is 1.71 bits per heavy atom. The van der Waals surface area contributed by atoms with Gasteiger partial charge < -0.3 is 24.7 Å². The minimum atomic E-state index is -0.388. The number of hydrogen-bond acceptors (Lipinski definition) is 8. The Morgan fingerprint density at radius 1 is 1.03 bits per heavy atom. The number of rotatable bonds is 9. The molecule has 0 atom stereocenters. The molecule has 3 N–H and O–H groups in total. The monoisotopic (exact) mass is 424 g/mol. The molecule has 31 heavy (non-hydrogen) atoms. The molecule has 2 aromatic carbocycles. The fraction of sp³-hybridized carbons (Fsp3) is 0.227. The predicted molar refractivity (Wildman–Crippen MR) is 116 cm³/mol. The number of ether oxygens (including phenoxy) is 4. The molecular weight excluding hydrogens is 400 g/mol. The van der Waals surface area contributed by atoms with E-state index < -0.39 is 0 Å². The number of carbonyl (C=O) groups excluding carboxylic acids is 1. The van der Waals surface area contributed by atoms with Gasteiger partial charge >= 0.3 is 0 Å². The van der Waals surface area contributed by atoms with E-state index in [9.17, 15) is 4.79 Å². The summed E-state index contributed by atoms with van der Waals surface area (Å²) in [6.07, 6.45) is 2.01. The number of carbonyl (C=O) groups is 1. The van der Waals surface area contributed by atoms with Crippen LogP contribution >= 0.6 is 0 Å². The number of nitrogens with zero attached hydrogens (tertiary/aromatic N) is 2. The van der Waals surface area contributed by atoms with Crippen LogP contribution in [0.1, 0.15) is 11.1 Å². The molecular formula is C22H24N4O5. The molecule has 9 heteroatoms. The van der Waals surface area contributed by atoms with Crippen LogP contribution in [-0.4, -0.2) is 43.8 Å². The van der Waals surface area contributed by atoms with Gasteiger partial charge in [-0.2, -0.15) is 4.98 Å². The van der Waals surface area contributed by atoms with Gasteiger partial charge in [0.2, 0.25) is 11.7 Å². The molecule has 3 rings (SSSR count). The van der Waals surface area contributed by atoms with Gasteiger partial charge in [-0.15, -0.1) is 0 Å². The number of amides is 1. The lowest BCUT2D eigenvalue weighted by atomic mass is 10.1. The Kier molecular flexibility index (Phi) is 7.10. The van der Waals surface area contributed by atoms with Crippen molar-refractivity contribution in [2.45, 2.75) is 6.42 Å². The van der Waals surface area contributed by atoms with Crippen molar-refractivity contribution >= 4 is 17.7 Å². The highest BCUT2D eigenvalue weighted by Gasteiger charge is 2.15. The Labute approximate surface area is 180 Å². The zero-order valence-electron chi connectivity index (χ0n) is 17.5. The fourth-order valence-corrected chi connectivity index (χ4v) is 2.90. The topological polar surface area (TPSA) is 118 Å². The van der Waals surface area contributed by atoms with Gasteiger partial charge in [0.25, 0.3) is 5.91 Å². The molecule has 0 aliphatic carbocycles. The van der Waals surface area contributed by atoms with Gasteiger partial charge in [-0.3, -0.25) is 10.1 Å². The molecule has 1 aromatic heterocycles. The van der Waals surface area contributed by atoms with Crippen molar-refractivity contribution in [2.75, 3.05) is 39.0 Å². The standard InChI is InChI=1S/C22H24N4O5/c1-28-17-10-14(11-18(29-2)20(17)30-3)9-15-12-24-22(26-21(15)23)25-19(27)13-31-16-7-5-4-6-8-16/h4-8,10-12H,9,13H2,1-3H3,(H3,23,24,25,26,27). The van der Waals surface area contributed by atoms with Gasteiger partial charge in [-0.1, -0.05) is 18.2 Å². The predicted octanol–water partition coefficient (Wildman–Crippen LogP) is 2.69. The average Bonchev–Trinajstić information content (AvgIpc) is 2.79. The molecule has 162 valence electrons. The third kappa shape index (κ3) is 5.53. The quantitative estimate of drug-likeness (QED) is 0.538. The number of aromatic nitrogens is 2. The molecule has 0 spiro atoms. The van der Waals surface area contributed by atoms with Crippen LogP contribution in [0.3, 0.4) is 0 Å². The highest BCUT2D eigenvalue weighted by molar-refractivity contribution is 5.90. The first-order valence-electron chi connectivity index (χ1n) is 9.42. The molecule has 0 aliphatic rings. The summed E-state index contributed by atoms with van der Waals surface area (Å²) in [6.45, 7) is -0.166. The van der Waals surface area contributed by atoms with Crippen LogP contribution in [0.4, 0.5) is 11.8 Å². The third-order valence-electron chi connectivity index (χ3n) is 4.38. The lowest BCUT2D eigenvalue weighted by molar-refractivity contribution is -0.118. The molecule has 1 amide bonds. The number of nitrogen functional groups attached to an aromatic ring is 1. The van der Waals surface area contributed by atoms with Crippen LogP contribution in [0.25, 0.3) is 0 Å². The van der Waals surface area contributed by atoms with Crippen molar-refractivity contribution in [3.05, 3.63) is 59.8 Å². The second-order valence-corrected chi connectivity index (χ2v) is 6.46. The minimum Gasteiger partial charge on any atom is -0.493 e. The first-order chi connectivity index (χ1) is 15.0. The summed E-state index contributed by atoms with van der Waals surface area (Å²) in [5.41, 5.74) is 7.65. The van der Waals surface area contributed by atoms with Gasteiger partial charge in [0.05, 0.1) is 21.3 Å². The van der Waals surface area contributed by atoms with Gasteiger partial charge in [-0.05, 0) is 29.8 Å². The lowest BCUT2D eigenvalue weighted by Gasteiger charge is -2.14. The van der Waals surface area contributed by atoms with E-state index in [0.717, 1.165) is 5.56 Å². The number of para-hydroxylation sites is 1. The maximum atomic E-state index is 12.1. The molecule has 0 aliphatic heterocycles. The Morgan fingerprint density at radius 3 is 2.29 bits per heavy atom. The van der Waals surface area contributed by atoms with E-state index in [1.54, 1.807) is 39.7 Å². The van der Waals surface area contributed by atoms with Crippen LogP contribution in [0.2, 0.25) is 0 Å². The van der Waals surface area contributed by atoms with Crippen molar-refractivity contribution in [3.8, 4) is 23.0 Å². The summed E-state index contributed by atoms with van der Waals surface area (Å²) in [4.78, 5) is 20.4. The fourth-order valence-electron chi connectivity index (χ4n) is 2.90. The number of methoxy groups -OCH3 is 3. The van der Waals surface area contributed by atoms with E-state index in [0.29, 0.717) is 35.0 Å². The molecule has 1 heterocycles. The number of nitrogens with two attached hydrogens (primary N) is 1. The van der Waals surface area contributed by atoms with Gasteiger partial charge in [-0.25, -0.2) is 4.98 Å². The molecule has 0 unspecified atom stereocenters. The van der Waals surface area contributed by atoms with E-state index in [-0.39, 0.29) is 24.3 Å². The van der Waals surface area contributed by atoms with E-state index >= 15 is 0 Å². The lowest BCUT2D eigenvalue weighted by Crippen LogP contribution is -2.22. The first-order valence-corrected chi connectivity index (χ1v) is 9.42. The summed E-state index contributed by atoms with van der Waals surface area (Å²) in [5, 5.41) is 2.57. The molecule has 0 bridgehead atoms. The number of benzene rings is 2. The highest BCUT2D eigenvalue weighted by atomic mass is 16.5. The van der Waals surface area contributed by atoms with Crippen LogP contribution in [0, 0.1) is 0 Å². The van der Waals surface area contributed by atoms with Crippen molar-refractivity contribution in [1.29, 1.82) is 0 Å². The molecule has 9 nitrogen and oxygen atoms in total. The average molecular weight is 424 g/mol. The van der Waals surface area contributed by atoms with E-state index in [2.05, 4.69) is 15.3 Å². The van der Waals surface area contributed by atoms with Crippen molar-refractivity contribution in [3.63, 3.8) is 0 Å². The maximum absolute atomic E-state index is 12.1. The molecule has 0 saturated heterocycles. The first kappa shape index (κ1) is 21.7. The van der Waals surface area contributed by atoms with Gasteiger partial charge in [0.1, 0.15) is 11.6 Å². The molecule has 3 aromatic rings. The molecule has 0 fully saturated rings. The maximum Gasteiger partial charge on any atom is 0.264 e. The highest BCUT2D eigenvalue weighted by Crippen LogP contribution is 2.38. The van der Waals surface area contributed by atoms with Gasteiger partial charge in [0, 0.05) is 18.2 Å². The van der Waals surface area contributed by atoms with Crippen molar-refractivity contribution in [2.24, 2.45) is 0 Å². The van der Waals surface area contributed by atoms with E-state index in [1.807, 2.05) is 30.3 Å². The number of nitrogens with one attached hydrogen (secondary N) is 1. The van der Waals surface area contributed by atoms with Crippen molar-refractivity contribution < 1.29 is 23.7 Å². The second-order valence-electron chi connectivity index (χ2n) is 6.46. The number of anilines is 2. The van der Waals surface area contributed by atoms with Crippen LogP contribution in [-0.2, 0) is 11.2 Å². The largest absolute Gasteiger partial charge is 0.493 e. The van der Waals surface area contributed by atoms with Crippen molar-refractivity contribution in [1.82, 2.24) is 9.97 Å². The summed E-state index contributed by atoms with van der Waals surface area (Å²) in [5.74, 6) is 2.15.